The predicted octanol–water partition coefficient (Wildman–Crippen LogP) is 6.76. The highest BCUT2D eigenvalue weighted by molar-refractivity contribution is 6.32. The number of carboxylic acid groups (broad SMARTS) is 1. The van der Waals surface area contributed by atoms with E-state index in [-0.39, 0.29) is 29.8 Å². The van der Waals surface area contributed by atoms with Crippen molar-refractivity contribution in [3.05, 3.63) is 112 Å². The van der Waals surface area contributed by atoms with E-state index in [0.717, 1.165) is 22.1 Å². The van der Waals surface area contributed by atoms with E-state index in [9.17, 15) is 14.7 Å². The molecule has 0 amide bonds. The molecular weight excluding hydrogens is 638 g/mol. The number of carboxylic acids is 1. The normalized spacial score (nSPS) is 13.0. The summed E-state index contributed by atoms with van der Waals surface area (Å²) in [4.78, 5) is 32.2. The number of aliphatic carboxylic acids is 1. The van der Waals surface area contributed by atoms with Gasteiger partial charge in [-0.15, -0.1) is 0 Å². The molecule has 0 unspecified atom stereocenters. The van der Waals surface area contributed by atoms with Crippen molar-refractivity contribution in [2.24, 2.45) is 0 Å². The van der Waals surface area contributed by atoms with Crippen molar-refractivity contribution in [3.63, 3.8) is 0 Å². The van der Waals surface area contributed by atoms with Crippen molar-refractivity contribution in [1.82, 2.24) is 15.3 Å². The van der Waals surface area contributed by atoms with E-state index in [4.69, 9.17) is 35.0 Å². The second kappa shape index (κ2) is 13.2. The number of para-hydroxylation sites is 1. The Bertz CT molecular complexity index is 2240. The van der Waals surface area contributed by atoms with Gasteiger partial charge < -0.3 is 33.8 Å². The molecule has 4 aromatic carbocycles. The average molecular weight is 666 g/mol. The topological polar surface area (TPSA) is 142 Å². The molecule has 0 saturated carbocycles. The number of nitrogens with zero attached hydrogens (tertiary/aromatic N) is 2. The minimum Gasteiger partial charge on any atom is -0.488 e. The third kappa shape index (κ3) is 6.46. The monoisotopic (exact) mass is 665 g/mol. The summed E-state index contributed by atoms with van der Waals surface area (Å²) >= 11 is 6.74. The maximum Gasteiger partial charge on any atom is 0.336 e. The lowest BCUT2D eigenvalue weighted by Crippen LogP contribution is -2.33. The molecule has 48 heavy (non-hydrogen) atoms. The quantitative estimate of drug-likeness (QED) is 0.150. The van der Waals surface area contributed by atoms with Gasteiger partial charge in [-0.2, -0.15) is 0 Å². The average Bonchev–Trinajstić information content (AvgIpc) is 3.10. The van der Waals surface area contributed by atoms with E-state index in [2.05, 4.69) is 15.3 Å². The highest BCUT2D eigenvalue weighted by atomic mass is 35.5. The van der Waals surface area contributed by atoms with Crippen molar-refractivity contribution in [2.45, 2.75) is 26.1 Å². The Morgan fingerprint density at radius 2 is 1.81 bits per heavy atom. The number of nitrogens with one attached hydrogen (secondary N) is 1. The van der Waals surface area contributed by atoms with Crippen LogP contribution in [0.25, 0.3) is 33.0 Å². The molecule has 1 aliphatic heterocycles. The first kappa shape index (κ1) is 31.0. The molecule has 7 rings (SSSR count). The first-order chi connectivity index (χ1) is 23.3. The number of rotatable bonds is 10. The van der Waals surface area contributed by atoms with Gasteiger partial charge in [-0.3, -0.25) is 4.79 Å². The van der Waals surface area contributed by atoms with Crippen LogP contribution in [-0.2, 0) is 17.9 Å². The van der Waals surface area contributed by atoms with Crippen LogP contribution in [0.2, 0.25) is 5.02 Å². The SMILES string of the molecule is C[C@H](NCc1cc(Cl)c(Oc2ncnc3c(-c4ccc5c(c4)OCCO5)cccc23)cc1OCc1ccc2ccc(=O)oc2c1)C(=O)O. The molecule has 3 heterocycles. The largest absolute Gasteiger partial charge is 0.488 e. The summed E-state index contributed by atoms with van der Waals surface area (Å²) in [6, 6.07) is 22.5. The van der Waals surface area contributed by atoms with E-state index in [1.165, 1.54) is 12.4 Å². The van der Waals surface area contributed by atoms with Crippen LogP contribution in [0.1, 0.15) is 18.1 Å². The Balaban J connectivity index is 1.21. The lowest BCUT2D eigenvalue weighted by Gasteiger charge is -2.19. The standard InChI is InChI=1S/C36H28ClN3O8/c1-20(36(42)43)38-17-24-14-27(37)31(16-29(24)46-18-21-5-6-22-8-10-33(41)47-30(22)13-21)48-35-26-4-2-3-25(34(26)39-19-40-35)23-7-9-28-32(15-23)45-12-11-44-28/h2-10,13-16,19-20,38H,11-12,17-18H2,1H3,(H,42,43)/t20-/m0/s1. The van der Waals surface area contributed by atoms with Gasteiger partial charge in [-0.1, -0.05) is 41.9 Å². The number of ether oxygens (including phenoxy) is 4. The zero-order chi connectivity index (χ0) is 33.2. The van der Waals surface area contributed by atoms with Crippen LogP contribution in [0.3, 0.4) is 0 Å². The maximum atomic E-state index is 11.7. The minimum atomic E-state index is -0.993. The number of hydrogen-bond donors (Lipinski definition) is 2. The smallest absolute Gasteiger partial charge is 0.336 e. The van der Waals surface area contributed by atoms with Gasteiger partial charge in [0.2, 0.25) is 5.88 Å². The summed E-state index contributed by atoms with van der Waals surface area (Å²) in [5, 5.41) is 14.1. The molecule has 2 aromatic heterocycles. The van der Waals surface area contributed by atoms with E-state index in [1.54, 1.807) is 31.2 Å². The van der Waals surface area contributed by atoms with Crippen LogP contribution >= 0.6 is 11.6 Å². The van der Waals surface area contributed by atoms with E-state index in [0.29, 0.717) is 52.5 Å². The number of halogens is 1. The Kier molecular flexibility index (Phi) is 8.53. The molecule has 0 aliphatic carbocycles. The van der Waals surface area contributed by atoms with Gasteiger partial charge in [-0.25, -0.2) is 14.8 Å². The highest BCUT2D eigenvalue weighted by Crippen LogP contribution is 2.40. The predicted molar refractivity (Wildman–Crippen MR) is 178 cm³/mol. The summed E-state index contributed by atoms with van der Waals surface area (Å²) in [5.41, 5.74) is 3.76. The molecule has 1 aliphatic rings. The third-order valence-electron chi connectivity index (χ3n) is 7.85. The zero-order valence-corrected chi connectivity index (χ0v) is 26.3. The molecule has 12 heteroatoms. The second-order valence-corrected chi connectivity index (χ2v) is 11.5. The van der Waals surface area contributed by atoms with Crippen LogP contribution < -0.4 is 29.9 Å². The van der Waals surface area contributed by atoms with Crippen LogP contribution in [0.4, 0.5) is 0 Å². The highest BCUT2D eigenvalue weighted by Gasteiger charge is 2.19. The van der Waals surface area contributed by atoms with Crippen LogP contribution in [0.5, 0.6) is 28.9 Å². The van der Waals surface area contributed by atoms with Crippen LogP contribution in [0.15, 0.2) is 94.4 Å². The van der Waals surface area contributed by atoms with Gasteiger partial charge >= 0.3 is 11.6 Å². The molecule has 1 atom stereocenters. The number of benzene rings is 4. The Morgan fingerprint density at radius 3 is 2.67 bits per heavy atom. The van der Waals surface area contributed by atoms with E-state index >= 15 is 0 Å². The van der Waals surface area contributed by atoms with Gasteiger partial charge in [0.05, 0.1) is 15.9 Å². The zero-order valence-electron chi connectivity index (χ0n) is 25.6. The molecule has 11 nitrogen and oxygen atoms in total. The Morgan fingerprint density at radius 1 is 0.979 bits per heavy atom. The summed E-state index contributed by atoms with van der Waals surface area (Å²) in [5.74, 6) is 1.33. The molecule has 2 N–H and O–H groups in total. The number of hydrogen-bond acceptors (Lipinski definition) is 10. The molecule has 6 aromatic rings. The first-order valence-electron chi connectivity index (χ1n) is 15.1. The van der Waals surface area contributed by atoms with Crippen molar-refractivity contribution in [2.75, 3.05) is 13.2 Å². The molecule has 0 fully saturated rings. The Hall–Kier alpha value is -5.65. The number of fused-ring (bicyclic) bond motifs is 3. The van der Waals surface area contributed by atoms with E-state index in [1.807, 2.05) is 48.5 Å². The lowest BCUT2D eigenvalue weighted by atomic mass is 10.0. The van der Waals surface area contributed by atoms with Gasteiger partial charge in [0.15, 0.2) is 17.2 Å². The van der Waals surface area contributed by atoms with Gasteiger partial charge in [0.1, 0.15) is 43.5 Å². The molecule has 0 saturated heterocycles. The maximum absolute atomic E-state index is 11.7. The summed E-state index contributed by atoms with van der Waals surface area (Å²) in [6.07, 6.45) is 1.42. The van der Waals surface area contributed by atoms with Crippen molar-refractivity contribution < 1.29 is 33.3 Å². The number of carbonyl (C=O) groups is 1. The van der Waals surface area contributed by atoms with Gasteiger partial charge in [0.25, 0.3) is 0 Å². The van der Waals surface area contributed by atoms with Crippen molar-refractivity contribution >= 4 is 39.4 Å². The molecular formula is C36H28ClN3O8. The van der Waals surface area contributed by atoms with Crippen molar-refractivity contribution in [1.29, 1.82) is 0 Å². The summed E-state index contributed by atoms with van der Waals surface area (Å²) in [6.45, 7) is 2.81. The summed E-state index contributed by atoms with van der Waals surface area (Å²) < 4.78 is 29.3. The van der Waals surface area contributed by atoms with Crippen molar-refractivity contribution in [3.8, 4) is 40.0 Å². The van der Waals surface area contributed by atoms with Gasteiger partial charge in [0, 0.05) is 35.2 Å². The molecule has 242 valence electrons. The molecule has 0 bridgehead atoms. The molecule has 0 spiro atoms. The summed E-state index contributed by atoms with van der Waals surface area (Å²) in [7, 11) is 0. The fourth-order valence-electron chi connectivity index (χ4n) is 5.33. The minimum absolute atomic E-state index is 0.117. The lowest BCUT2D eigenvalue weighted by molar-refractivity contribution is -0.139. The number of aromatic nitrogens is 2. The van der Waals surface area contributed by atoms with Crippen LogP contribution in [-0.4, -0.2) is 40.3 Å². The van der Waals surface area contributed by atoms with E-state index < -0.39 is 17.6 Å². The van der Waals surface area contributed by atoms with Crippen LogP contribution in [0, 0.1) is 0 Å². The fraction of sp³-hybridized carbons (Fsp3) is 0.167. The third-order valence-corrected chi connectivity index (χ3v) is 8.15. The fourth-order valence-corrected chi connectivity index (χ4v) is 5.55. The Labute approximate surface area is 278 Å². The molecule has 0 radical (unpaired) electrons. The first-order valence-corrected chi connectivity index (χ1v) is 15.5. The second-order valence-electron chi connectivity index (χ2n) is 11.1. The van der Waals surface area contributed by atoms with Gasteiger partial charge in [-0.05, 0) is 54.4 Å².